The maximum atomic E-state index is 12.4. The van der Waals surface area contributed by atoms with Crippen molar-refractivity contribution < 1.29 is 28.8 Å². The first kappa shape index (κ1) is 34.4. The molecule has 9 nitrogen and oxygen atoms in total. The lowest BCUT2D eigenvalue weighted by molar-refractivity contribution is -0.278. The molecule has 4 aromatic rings. The van der Waals surface area contributed by atoms with Crippen LogP contribution in [0.3, 0.4) is 0 Å². The van der Waals surface area contributed by atoms with Gasteiger partial charge in [-0.2, -0.15) is 0 Å². The largest absolute Gasteiger partial charge is 0.392 e. The number of carbonyl (C=O) groups excluding carboxylic acids is 1. The van der Waals surface area contributed by atoms with Crippen LogP contribution < -0.4 is 10.6 Å². The third-order valence-electron chi connectivity index (χ3n) is 10.2. The molecule has 4 atom stereocenters. The minimum absolute atomic E-state index is 0.00938. The maximum absolute atomic E-state index is 12.4. The molecule has 3 aliphatic heterocycles. The van der Waals surface area contributed by atoms with Gasteiger partial charge in [0.1, 0.15) is 0 Å². The van der Waals surface area contributed by atoms with E-state index in [0.29, 0.717) is 26.3 Å². The molecule has 50 heavy (non-hydrogen) atoms. The van der Waals surface area contributed by atoms with Gasteiger partial charge in [-0.25, -0.2) is 4.79 Å². The van der Waals surface area contributed by atoms with Crippen molar-refractivity contribution in [2.24, 2.45) is 5.92 Å². The van der Waals surface area contributed by atoms with Crippen LogP contribution in [0, 0.1) is 5.92 Å². The van der Waals surface area contributed by atoms with E-state index in [-0.39, 0.29) is 30.8 Å². The van der Waals surface area contributed by atoms with Gasteiger partial charge < -0.3 is 39.6 Å². The number of hydrogen-bond acceptors (Lipinski definition) is 7. The quantitative estimate of drug-likeness (QED) is 0.177. The molecule has 0 saturated carbocycles. The number of piperidine rings is 1. The van der Waals surface area contributed by atoms with Crippen molar-refractivity contribution in [2.75, 3.05) is 32.8 Å². The predicted octanol–water partition coefficient (Wildman–Crippen LogP) is 6.48. The Bertz CT molecular complexity index is 1680. The summed E-state index contributed by atoms with van der Waals surface area (Å²) in [6.45, 7) is 7.06. The average molecular weight is 678 g/mol. The Labute approximate surface area is 294 Å². The summed E-state index contributed by atoms with van der Waals surface area (Å²) in [6, 6.07) is 34.3. The molecule has 9 heteroatoms. The first-order chi connectivity index (χ1) is 24.5. The summed E-state index contributed by atoms with van der Waals surface area (Å²) in [5.41, 5.74) is 7.12. The van der Waals surface area contributed by atoms with E-state index in [1.54, 1.807) is 0 Å². The third kappa shape index (κ3) is 8.26. The van der Waals surface area contributed by atoms with Gasteiger partial charge in [-0.1, -0.05) is 104 Å². The van der Waals surface area contributed by atoms with E-state index in [0.717, 1.165) is 71.4 Å². The van der Waals surface area contributed by atoms with Crippen molar-refractivity contribution in [3.05, 3.63) is 131 Å². The number of rotatable bonds is 10. The number of aliphatic hydroxyl groups excluding tert-OH is 1. The molecule has 4 aromatic carbocycles. The highest BCUT2D eigenvalue weighted by atomic mass is 16.7. The standard InChI is InChI=1S/C41H47N3O6/c1-29-37(27-44-20-18-41(19-21-44)47-22-23-48-41)49-39(50-38(29)34-12-10-31(28-45)11-13-34)35-16-14-33(15-17-35)36-9-5-8-32(24-36)26-43-40(46)42-25-30-6-3-2-4-7-30/h2-17,24,29,37-39,45H,18-23,25-28H2,1H3,(H2,42,43,46)/t29-,37+,38+,39+/m0/s1. The molecule has 0 radical (unpaired) electrons. The summed E-state index contributed by atoms with van der Waals surface area (Å²) < 4.78 is 25.4. The molecular weight excluding hydrogens is 630 g/mol. The van der Waals surface area contributed by atoms with Crippen molar-refractivity contribution in [2.45, 2.75) is 63.7 Å². The van der Waals surface area contributed by atoms with E-state index in [2.05, 4.69) is 71.0 Å². The van der Waals surface area contributed by atoms with Crippen LogP contribution in [0.2, 0.25) is 0 Å². The van der Waals surface area contributed by atoms with Gasteiger partial charge in [0, 0.05) is 57.0 Å². The zero-order chi connectivity index (χ0) is 34.3. The molecule has 3 fully saturated rings. The molecule has 0 aliphatic carbocycles. The fourth-order valence-corrected chi connectivity index (χ4v) is 7.16. The molecule has 262 valence electrons. The van der Waals surface area contributed by atoms with Crippen LogP contribution in [-0.4, -0.2) is 60.8 Å². The molecule has 3 saturated heterocycles. The molecule has 3 heterocycles. The van der Waals surface area contributed by atoms with E-state index in [1.807, 2.05) is 54.6 Å². The fraction of sp³-hybridized carbons (Fsp3) is 0.390. The molecule has 7 rings (SSSR count). The number of carbonyl (C=O) groups is 1. The molecule has 0 aromatic heterocycles. The fourth-order valence-electron chi connectivity index (χ4n) is 7.16. The number of nitrogens with zero attached hydrogens (tertiary/aromatic N) is 1. The smallest absolute Gasteiger partial charge is 0.315 e. The minimum atomic E-state index is -0.532. The van der Waals surface area contributed by atoms with Crippen molar-refractivity contribution in [1.82, 2.24) is 15.5 Å². The van der Waals surface area contributed by atoms with Crippen LogP contribution in [0.4, 0.5) is 4.79 Å². The lowest BCUT2D eigenvalue weighted by atomic mass is 9.89. The molecule has 0 bridgehead atoms. The summed E-state index contributed by atoms with van der Waals surface area (Å²) in [5.74, 6) is -0.301. The van der Waals surface area contributed by atoms with Gasteiger partial charge >= 0.3 is 6.03 Å². The van der Waals surface area contributed by atoms with Crippen LogP contribution in [0.1, 0.15) is 60.0 Å². The van der Waals surface area contributed by atoms with Crippen molar-refractivity contribution >= 4 is 6.03 Å². The SMILES string of the molecule is C[C@H]1[C@@H](CN2CCC3(CC2)OCCO3)O[C@@H](c2ccc(-c3cccc(CNC(=O)NCc4ccccc4)c3)cc2)O[C@H]1c1ccc(CO)cc1. The summed E-state index contributed by atoms with van der Waals surface area (Å²) in [5, 5.41) is 15.5. The minimum Gasteiger partial charge on any atom is -0.392 e. The Hall–Kier alpha value is -4.09. The number of urea groups is 1. The molecule has 3 N–H and O–H groups in total. The van der Waals surface area contributed by atoms with Crippen LogP contribution in [0.5, 0.6) is 0 Å². The highest BCUT2D eigenvalue weighted by Gasteiger charge is 2.43. The van der Waals surface area contributed by atoms with E-state index < -0.39 is 12.1 Å². The third-order valence-corrected chi connectivity index (χ3v) is 10.2. The number of ether oxygens (including phenoxy) is 4. The Morgan fingerprint density at radius 1 is 0.760 bits per heavy atom. The van der Waals surface area contributed by atoms with Gasteiger partial charge in [0.15, 0.2) is 12.1 Å². The van der Waals surface area contributed by atoms with E-state index in [1.165, 1.54) is 0 Å². The number of hydrogen-bond donors (Lipinski definition) is 3. The summed E-state index contributed by atoms with van der Waals surface area (Å²) in [7, 11) is 0. The van der Waals surface area contributed by atoms with Crippen molar-refractivity contribution in [3.8, 4) is 11.1 Å². The van der Waals surface area contributed by atoms with Crippen molar-refractivity contribution in [3.63, 3.8) is 0 Å². The second-order valence-electron chi connectivity index (χ2n) is 13.6. The Morgan fingerprint density at radius 2 is 1.42 bits per heavy atom. The maximum Gasteiger partial charge on any atom is 0.315 e. The van der Waals surface area contributed by atoms with Crippen molar-refractivity contribution in [1.29, 1.82) is 0 Å². The highest BCUT2D eigenvalue weighted by Crippen LogP contribution is 2.43. The molecule has 2 amide bonds. The summed E-state index contributed by atoms with van der Waals surface area (Å²) >= 11 is 0. The Kier molecular flexibility index (Phi) is 10.9. The zero-order valence-electron chi connectivity index (χ0n) is 28.6. The monoisotopic (exact) mass is 677 g/mol. The molecular formula is C41H47N3O6. The van der Waals surface area contributed by atoms with Gasteiger partial charge in [-0.05, 0) is 39.4 Å². The van der Waals surface area contributed by atoms with E-state index >= 15 is 0 Å². The lowest BCUT2D eigenvalue weighted by Gasteiger charge is -2.44. The van der Waals surface area contributed by atoms with Gasteiger partial charge in [0.05, 0.1) is 32.0 Å². The van der Waals surface area contributed by atoms with Crippen LogP contribution in [0.15, 0.2) is 103 Å². The molecule has 0 unspecified atom stereocenters. The van der Waals surface area contributed by atoms with E-state index in [4.69, 9.17) is 18.9 Å². The first-order valence-electron chi connectivity index (χ1n) is 17.7. The lowest BCUT2D eigenvalue weighted by Crippen LogP contribution is -2.50. The second-order valence-corrected chi connectivity index (χ2v) is 13.6. The number of benzene rings is 4. The Balaban J connectivity index is 1.02. The van der Waals surface area contributed by atoms with Gasteiger partial charge in [0.25, 0.3) is 0 Å². The zero-order valence-corrected chi connectivity index (χ0v) is 28.6. The second kappa shape index (κ2) is 15.9. The Morgan fingerprint density at radius 3 is 2.12 bits per heavy atom. The normalized spacial score (nSPS) is 23.5. The topological polar surface area (TPSA) is 102 Å². The number of likely N-dealkylation sites (tertiary alicyclic amines) is 1. The van der Waals surface area contributed by atoms with E-state index in [9.17, 15) is 9.90 Å². The number of nitrogens with one attached hydrogen (secondary N) is 2. The number of amides is 2. The molecule has 1 spiro atoms. The predicted molar refractivity (Wildman–Crippen MR) is 191 cm³/mol. The van der Waals surface area contributed by atoms with Gasteiger partial charge in [0.2, 0.25) is 0 Å². The van der Waals surface area contributed by atoms with Crippen LogP contribution in [0.25, 0.3) is 11.1 Å². The van der Waals surface area contributed by atoms with Gasteiger partial charge in [-0.3, -0.25) is 0 Å². The molecule has 3 aliphatic rings. The highest BCUT2D eigenvalue weighted by molar-refractivity contribution is 5.74. The van der Waals surface area contributed by atoms with Crippen LogP contribution in [-0.2, 0) is 38.6 Å². The first-order valence-corrected chi connectivity index (χ1v) is 17.7. The summed E-state index contributed by atoms with van der Waals surface area (Å²) in [4.78, 5) is 14.9. The summed E-state index contributed by atoms with van der Waals surface area (Å²) in [6.07, 6.45) is 0.971. The number of aliphatic hydroxyl groups is 1. The average Bonchev–Trinajstić information content (AvgIpc) is 3.63. The van der Waals surface area contributed by atoms with Crippen LogP contribution >= 0.6 is 0 Å². The van der Waals surface area contributed by atoms with Gasteiger partial charge in [-0.15, -0.1) is 0 Å².